The fourth-order valence-electron chi connectivity index (χ4n) is 1.87. The Labute approximate surface area is 120 Å². The van der Waals surface area contributed by atoms with Crippen LogP contribution in [0.1, 0.15) is 47.5 Å². The summed E-state index contributed by atoms with van der Waals surface area (Å²) in [7, 11) is 4.00. The van der Waals surface area contributed by atoms with Crippen LogP contribution in [0.25, 0.3) is 0 Å². The van der Waals surface area contributed by atoms with Crippen LogP contribution in [0.5, 0.6) is 0 Å². The van der Waals surface area contributed by atoms with Crippen LogP contribution in [0.3, 0.4) is 0 Å². The van der Waals surface area contributed by atoms with Crippen LogP contribution in [-0.2, 0) is 0 Å². The molecule has 0 aromatic carbocycles. The number of nitrogens with one attached hydrogen (secondary N) is 2. The minimum absolute atomic E-state index is 0.0721. The van der Waals surface area contributed by atoms with Gasteiger partial charge in [-0.25, -0.2) is 0 Å². The molecule has 0 spiro atoms. The van der Waals surface area contributed by atoms with Crippen LogP contribution < -0.4 is 5.32 Å². The second kappa shape index (κ2) is 7.85. The van der Waals surface area contributed by atoms with Gasteiger partial charge in [-0.3, -0.25) is 9.59 Å². The number of H-pyrrole nitrogens is 1. The first-order valence-corrected chi connectivity index (χ1v) is 7.04. The van der Waals surface area contributed by atoms with E-state index >= 15 is 0 Å². The number of nitrogens with zero attached hydrogens (tertiary/aromatic N) is 1. The highest BCUT2D eigenvalue weighted by atomic mass is 16.2. The van der Waals surface area contributed by atoms with Crippen molar-refractivity contribution in [1.29, 1.82) is 0 Å². The minimum atomic E-state index is -0.160. The van der Waals surface area contributed by atoms with E-state index in [1.807, 2.05) is 27.9 Å². The summed E-state index contributed by atoms with van der Waals surface area (Å²) in [6.07, 6.45) is 3.01. The number of hydrogen-bond acceptors (Lipinski definition) is 3. The average Bonchev–Trinajstić information content (AvgIpc) is 2.83. The lowest BCUT2D eigenvalue weighted by atomic mass is 10.0. The van der Waals surface area contributed by atoms with E-state index in [0.717, 1.165) is 13.0 Å². The van der Waals surface area contributed by atoms with Gasteiger partial charge in [-0.05, 0) is 39.0 Å². The summed E-state index contributed by atoms with van der Waals surface area (Å²) in [4.78, 5) is 28.7. The Morgan fingerprint density at radius 1 is 1.35 bits per heavy atom. The molecule has 112 valence electrons. The molecule has 0 bridgehead atoms. The van der Waals surface area contributed by atoms with Crippen molar-refractivity contribution in [2.45, 2.75) is 26.7 Å². The van der Waals surface area contributed by atoms with Gasteiger partial charge in [-0.2, -0.15) is 0 Å². The lowest BCUT2D eigenvalue weighted by molar-refractivity contribution is 0.0947. The maximum absolute atomic E-state index is 11.9. The molecule has 0 aliphatic rings. The van der Waals surface area contributed by atoms with Crippen molar-refractivity contribution < 1.29 is 9.59 Å². The van der Waals surface area contributed by atoms with E-state index in [4.69, 9.17) is 0 Å². The second-order valence-corrected chi connectivity index (χ2v) is 5.74. The van der Waals surface area contributed by atoms with Gasteiger partial charge < -0.3 is 15.2 Å². The minimum Gasteiger partial charge on any atom is -0.356 e. The zero-order valence-electron chi connectivity index (χ0n) is 12.8. The predicted octanol–water partition coefficient (Wildman–Crippen LogP) is 1.93. The van der Waals surface area contributed by atoms with Crippen LogP contribution in [0.2, 0.25) is 0 Å². The van der Waals surface area contributed by atoms with E-state index in [1.165, 1.54) is 0 Å². The first-order valence-electron chi connectivity index (χ1n) is 7.04. The Bertz CT molecular complexity index is 450. The summed E-state index contributed by atoms with van der Waals surface area (Å²) in [5.74, 6) is 0.232. The third kappa shape index (κ3) is 5.57. The van der Waals surface area contributed by atoms with Gasteiger partial charge >= 0.3 is 0 Å². The molecule has 1 aromatic rings. The molecule has 20 heavy (non-hydrogen) atoms. The smallest absolute Gasteiger partial charge is 0.267 e. The summed E-state index contributed by atoms with van der Waals surface area (Å²) in [6.45, 7) is 5.57. The first kappa shape index (κ1) is 16.4. The quantitative estimate of drug-likeness (QED) is 0.564. The van der Waals surface area contributed by atoms with Gasteiger partial charge in [0.1, 0.15) is 5.69 Å². The van der Waals surface area contributed by atoms with E-state index in [-0.39, 0.29) is 11.7 Å². The molecular formula is C15H25N3O2. The summed E-state index contributed by atoms with van der Waals surface area (Å²) in [6, 6.07) is 1.63. The normalized spacial score (nSPS) is 11.1. The fraction of sp³-hybridized carbons (Fsp3) is 0.600. The largest absolute Gasteiger partial charge is 0.356 e. The van der Waals surface area contributed by atoms with Crippen LogP contribution in [0.15, 0.2) is 12.3 Å². The molecule has 0 saturated carbocycles. The van der Waals surface area contributed by atoms with Crippen molar-refractivity contribution in [2.24, 2.45) is 5.92 Å². The zero-order valence-corrected chi connectivity index (χ0v) is 12.8. The lowest BCUT2D eigenvalue weighted by Gasteiger charge is -2.09. The Morgan fingerprint density at radius 2 is 2.05 bits per heavy atom. The molecule has 0 aliphatic heterocycles. The number of carbonyl (C=O) groups is 2. The zero-order chi connectivity index (χ0) is 15.1. The third-order valence-corrected chi connectivity index (χ3v) is 2.91. The Kier molecular flexibility index (Phi) is 6.45. The standard InChI is InChI=1S/C15H25N3O2/c1-11(2)8-14(19)12-9-13(17-10-12)15(20)16-6-5-7-18(3)4/h9-11,17H,5-8H2,1-4H3,(H,16,20). The Morgan fingerprint density at radius 3 is 2.65 bits per heavy atom. The predicted molar refractivity (Wildman–Crippen MR) is 80.1 cm³/mol. The van der Waals surface area contributed by atoms with Crippen molar-refractivity contribution in [3.8, 4) is 0 Å². The topological polar surface area (TPSA) is 65.2 Å². The molecule has 1 heterocycles. The highest BCUT2D eigenvalue weighted by Crippen LogP contribution is 2.10. The van der Waals surface area contributed by atoms with Crippen LogP contribution in [-0.4, -0.2) is 48.8 Å². The van der Waals surface area contributed by atoms with Crippen LogP contribution >= 0.6 is 0 Å². The van der Waals surface area contributed by atoms with Gasteiger partial charge in [0.2, 0.25) is 0 Å². The van der Waals surface area contributed by atoms with Gasteiger partial charge in [0.25, 0.3) is 5.91 Å². The monoisotopic (exact) mass is 279 g/mol. The molecule has 0 radical (unpaired) electrons. The summed E-state index contributed by atoms with van der Waals surface area (Å²) >= 11 is 0. The number of amides is 1. The van der Waals surface area contributed by atoms with E-state index in [2.05, 4.69) is 15.2 Å². The Hall–Kier alpha value is -1.62. The maximum Gasteiger partial charge on any atom is 0.267 e. The van der Waals surface area contributed by atoms with Crippen LogP contribution in [0, 0.1) is 5.92 Å². The van der Waals surface area contributed by atoms with Crippen molar-refractivity contribution >= 4 is 11.7 Å². The number of rotatable bonds is 8. The molecule has 5 heteroatoms. The molecule has 1 rings (SSSR count). The number of ketones is 1. The lowest BCUT2D eigenvalue weighted by Crippen LogP contribution is -2.27. The molecule has 0 fully saturated rings. The molecule has 1 aromatic heterocycles. The number of Topliss-reactive ketones (excluding diaryl/α,β-unsaturated/α-hetero) is 1. The average molecular weight is 279 g/mol. The van der Waals surface area contributed by atoms with Gasteiger partial charge in [0.15, 0.2) is 5.78 Å². The number of aromatic amines is 1. The maximum atomic E-state index is 11.9. The van der Waals surface area contributed by atoms with Crippen molar-refractivity contribution in [3.63, 3.8) is 0 Å². The molecule has 5 nitrogen and oxygen atoms in total. The summed E-state index contributed by atoms with van der Waals surface area (Å²) in [5.41, 5.74) is 1.03. The van der Waals surface area contributed by atoms with Gasteiger partial charge in [0.05, 0.1) is 0 Å². The van der Waals surface area contributed by atoms with Crippen LogP contribution in [0.4, 0.5) is 0 Å². The SMILES string of the molecule is CC(C)CC(=O)c1c[nH]c(C(=O)NCCCN(C)C)c1. The third-order valence-electron chi connectivity index (χ3n) is 2.91. The van der Waals surface area contributed by atoms with Crippen molar-refractivity contribution in [2.75, 3.05) is 27.2 Å². The van der Waals surface area contributed by atoms with E-state index in [9.17, 15) is 9.59 Å². The Balaban J connectivity index is 2.46. The molecular weight excluding hydrogens is 254 g/mol. The summed E-state index contributed by atoms with van der Waals surface area (Å²) in [5, 5.41) is 2.84. The van der Waals surface area contributed by atoms with E-state index < -0.39 is 0 Å². The molecule has 0 unspecified atom stereocenters. The van der Waals surface area contributed by atoms with Crippen molar-refractivity contribution in [1.82, 2.24) is 15.2 Å². The van der Waals surface area contributed by atoms with E-state index in [1.54, 1.807) is 12.3 Å². The fourth-order valence-corrected chi connectivity index (χ4v) is 1.87. The molecule has 1 amide bonds. The highest BCUT2D eigenvalue weighted by molar-refractivity contribution is 6.00. The highest BCUT2D eigenvalue weighted by Gasteiger charge is 2.13. The number of aromatic nitrogens is 1. The first-order chi connectivity index (χ1) is 9.40. The second-order valence-electron chi connectivity index (χ2n) is 5.74. The molecule has 0 saturated heterocycles. The van der Waals surface area contributed by atoms with Crippen molar-refractivity contribution in [3.05, 3.63) is 23.5 Å². The van der Waals surface area contributed by atoms with Gasteiger partial charge in [0, 0.05) is 24.7 Å². The molecule has 0 aliphatic carbocycles. The molecule has 0 atom stereocenters. The number of carbonyl (C=O) groups excluding carboxylic acids is 2. The molecule has 2 N–H and O–H groups in total. The van der Waals surface area contributed by atoms with E-state index in [0.29, 0.717) is 30.1 Å². The summed E-state index contributed by atoms with van der Waals surface area (Å²) < 4.78 is 0. The number of hydrogen-bond donors (Lipinski definition) is 2. The van der Waals surface area contributed by atoms with Gasteiger partial charge in [-0.15, -0.1) is 0 Å². The van der Waals surface area contributed by atoms with Gasteiger partial charge in [-0.1, -0.05) is 13.8 Å².